The van der Waals surface area contributed by atoms with E-state index >= 15 is 0 Å². The summed E-state index contributed by atoms with van der Waals surface area (Å²) in [6.07, 6.45) is 0.811. The number of nitrogens with zero attached hydrogens (tertiary/aromatic N) is 1. The lowest BCUT2D eigenvalue weighted by Crippen LogP contribution is -2.27. The standard InChI is InChI=1S/C16H16N2OS/c1-11(8-12-6-7-20-10-12)18-15(17)9-13-4-2-3-5-14(13)16(18)19/h2-7,9-11H,8,17H2,1H3. The molecule has 4 heteroatoms. The Morgan fingerprint density at radius 1 is 1.30 bits per heavy atom. The van der Waals surface area contributed by atoms with E-state index in [1.807, 2.05) is 37.3 Å². The average Bonchev–Trinajstić information content (AvgIpc) is 2.91. The van der Waals surface area contributed by atoms with Crippen molar-refractivity contribution < 1.29 is 0 Å². The van der Waals surface area contributed by atoms with E-state index in [0.717, 1.165) is 17.2 Å². The number of fused-ring (bicyclic) bond motifs is 1. The summed E-state index contributed by atoms with van der Waals surface area (Å²) in [6, 6.07) is 11.6. The van der Waals surface area contributed by atoms with Gasteiger partial charge in [-0.05, 0) is 53.3 Å². The summed E-state index contributed by atoms with van der Waals surface area (Å²) in [5.41, 5.74) is 7.31. The molecule has 1 atom stereocenters. The number of thiophene rings is 1. The smallest absolute Gasteiger partial charge is 0.260 e. The van der Waals surface area contributed by atoms with Gasteiger partial charge in [-0.1, -0.05) is 18.2 Å². The van der Waals surface area contributed by atoms with Crippen molar-refractivity contribution in [3.63, 3.8) is 0 Å². The van der Waals surface area contributed by atoms with Crippen LogP contribution in [-0.4, -0.2) is 4.57 Å². The van der Waals surface area contributed by atoms with Gasteiger partial charge >= 0.3 is 0 Å². The lowest BCUT2D eigenvalue weighted by Gasteiger charge is -2.18. The van der Waals surface area contributed by atoms with Gasteiger partial charge in [0.25, 0.3) is 5.56 Å². The molecule has 2 heterocycles. The molecule has 0 aliphatic heterocycles. The van der Waals surface area contributed by atoms with E-state index in [4.69, 9.17) is 5.73 Å². The number of benzene rings is 1. The molecule has 0 fully saturated rings. The molecular weight excluding hydrogens is 268 g/mol. The maximum Gasteiger partial charge on any atom is 0.260 e. The van der Waals surface area contributed by atoms with Crippen molar-refractivity contribution in [1.29, 1.82) is 0 Å². The third kappa shape index (κ3) is 2.23. The fraction of sp³-hybridized carbons (Fsp3) is 0.188. The molecule has 2 aromatic heterocycles. The molecule has 0 aliphatic carbocycles. The first-order valence-corrected chi connectivity index (χ1v) is 7.52. The minimum Gasteiger partial charge on any atom is -0.385 e. The maximum absolute atomic E-state index is 12.6. The maximum atomic E-state index is 12.6. The van der Waals surface area contributed by atoms with Crippen LogP contribution >= 0.6 is 11.3 Å². The van der Waals surface area contributed by atoms with Crippen molar-refractivity contribution >= 4 is 27.9 Å². The van der Waals surface area contributed by atoms with Crippen LogP contribution < -0.4 is 11.3 Å². The van der Waals surface area contributed by atoms with Crippen LogP contribution in [0, 0.1) is 0 Å². The number of anilines is 1. The van der Waals surface area contributed by atoms with Crippen molar-refractivity contribution in [2.75, 3.05) is 5.73 Å². The molecule has 1 aromatic carbocycles. The highest BCUT2D eigenvalue weighted by molar-refractivity contribution is 7.07. The third-order valence-electron chi connectivity index (χ3n) is 3.54. The SMILES string of the molecule is CC(Cc1ccsc1)n1c(N)cc2ccccc2c1=O. The Kier molecular flexibility index (Phi) is 3.32. The number of nitrogen functional groups attached to an aromatic ring is 1. The molecule has 0 saturated heterocycles. The van der Waals surface area contributed by atoms with E-state index in [2.05, 4.69) is 16.8 Å². The zero-order valence-corrected chi connectivity index (χ0v) is 12.1. The Bertz CT molecular complexity index is 790. The van der Waals surface area contributed by atoms with Crippen LogP contribution in [0.4, 0.5) is 5.82 Å². The second-order valence-electron chi connectivity index (χ2n) is 5.02. The molecular formula is C16H16N2OS. The number of aromatic nitrogens is 1. The second-order valence-corrected chi connectivity index (χ2v) is 5.80. The van der Waals surface area contributed by atoms with E-state index in [9.17, 15) is 4.79 Å². The highest BCUT2D eigenvalue weighted by Crippen LogP contribution is 2.20. The Morgan fingerprint density at radius 2 is 2.10 bits per heavy atom. The summed E-state index contributed by atoms with van der Waals surface area (Å²) in [7, 11) is 0. The number of nitrogens with two attached hydrogens (primary N) is 1. The van der Waals surface area contributed by atoms with Crippen molar-refractivity contribution in [3.05, 3.63) is 63.1 Å². The van der Waals surface area contributed by atoms with Gasteiger partial charge in [-0.3, -0.25) is 9.36 Å². The molecule has 3 aromatic rings. The molecule has 102 valence electrons. The van der Waals surface area contributed by atoms with Crippen LogP contribution in [0.1, 0.15) is 18.5 Å². The molecule has 20 heavy (non-hydrogen) atoms. The molecule has 0 aliphatic rings. The molecule has 0 radical (unpaired) electrons. The Hall–Kier alpha value is -2.07. The Morgan fingerprint density at radius 3 is 2.85 bits per heavy atom. The first kappa shape index (κ1) is 12.9. The highest BCUT2D eigenvalue weighted by atomic mass is 32.1. The molecule has 2 N–H and O–H groups in total. The first-order chi connectivity index (χ1) is 9.66. The minimum absolute atomic E-state index is 0.0108. The molecule has 0 bridgehead atoms. The van der Waals surface area contributed by atoms with Gasteiger partial charge < -0.3 is 5.73 Å². The lowest BCUT2D eigenvalue weighted by molar-refractivity contribution is 0.538. The van der Waals surface area contributed by atoms with Gasteiger partial charge in [0, 0.05) is 11.4 Å². The third-order valence-corrected chi connectivity index (χ3v) is 4.28. The predicted octanol–water partition coefficient (Wildman–Crippen LogP) is 3.45. The van der Waals surface area contributed by atoms with Gasteiger partial charge in [-0.15, -0.1) is 0 Å². The molecule has 0 amide bonds. The van der Waals surface area contributed by atoms with Gasteiger partial charge in [0.05, 0.1) is 0 Å². The fourth-order valence-electron chi connectivity index (χ4n) is 2.59. The first-order valence-electron chi connectivity index (χ1n) is 6.57. The van der Waals surface area contributed by atoms with Gasteiger partial charge in [0.15, 0.2) is 0 Å². The summed E-state index contributed by atoms with van der Waals surface area (Å²) in [4.78, 5) is 12.6. The number of rotatable bonds is 3. The largest absolute Gasteiger partial charge is 0.385 e. The number of pyridine rings is 1. The van der Waals surface area contributed by atoms with Crippen molar-refractivity contribution in [2.45, 2.75) is 19.4 Å². The molecule has 1 unspecified atom stereocenters. The van der Waals surface area contributed by atoms with Crippen LogP contribution in [-0.2, 0) is 6.42 Å². The number of hydrogen-bond donors (Lipinski definition) is 1. The van der Waals surface area contributed by atoms with E-state index in [-0.39, 0.29) is 11.6 Å². The quantitative estimate of drug-likeness (QED) is 0.800. The summed E-state index contributed by atoms with van der Waals surface area (Å²) in [6.45, 7) is 2.03. The van der Waals surface area contributed by atoms with Crippen molar-refractivity contribution in [2.24, 2.45) is 0 Å². The monoisotopic (exact) mass is 284 g/mol. The zero-order valence-electron chi connectivity index (χ0n) is 11.2. The zero-order chi connectivity index (χ0) is 14.1. The summed E-state index contributed by atoms with van der Waals surface area (Å²) in [5.74, 6) is 0.524. The van der Waals surface area contributed by atoms with Gasteiger partial charge in [-0.2, -0.15) is 11.3 Å². The van der Waals surface area contributed by atoms with E-state index in [1.54, 1.807) is 15.9 Å². The highest BCUT2D eigenvalue weighted by Gasteiger charge is 2.13. The molecule has 0 saturated carbocycles. The van der Waals surface area contributed by atoms with E-state index in [1.165, 1.54) is 5.56 Å². The topological polar surface area (TPSA) is 48.0 Å². The van der Waals surface area contributed by atoms with Gasteiger partial charge in [0.1, 0.15) is 5.82 Å². The summed E-state index contributed by atoms with van der Waals surface area (Å²) < 4.78 is 1.69. The minimum atomic E-state index is -0.0108. The van der Waals surface area contributed by atoms with Crippen molar-refractivity contribution in [3.8, 4) is 0 Å². The summed E-state index contributed by atoms with van der Waals surface area (Å²) >= 11 is 1.67. The van der Waals surface area contributed by atoms with Crippen LogP contribution in [0.2, 0.25) is 0 Å². The number of hydrogen-bond acceptors (Lipinski definition) is 3. The van der Waals surface area contributed by atoms with Gasteiger partial charge in [0.2, 0.25) is 0 Å². The van der Waals surface area contributed by atoms with Crippen molar-refractivity contribution in [1.82, 2.24) is 4.57 Å². The van der Waals surface area contributed by atoms with Gasteiger partial charge in [-0.25, -0.2) is 0 Å². The Balaban J connectivity index is 2.09. The normalized spacial score (nSPS) is 12.7. The molecule has 3 rings (SSSR count). The fourth-order valence-corrected chi connectivity index (χ4v) is 3.27. The average molecular weight is 284 g/mol. The van der Waals surface area contributed by atoms with Crippen LogP contribution in [0.5, 0.6) is 0 Å². The second kappa shape index (κ2) is 5.13. The van der Waals surface area contributed by atoms with Crippen LogP contribution in [0.3, 0.4) is 0 Å². The molecule has 3 nitrogen and oxygen atoms in total. The molecule has 0 spiro atoms. The lowest BCUT2D eigenvalue weighted by atomic mass is 10.1. The van der Waals surface area contributed by atoms with E-state index in [0.29, 0.717) is 5.82 Å². The van der Waals surface area contributed by atoms with E-state index < -0.39 is 0 Å². The van der Waals surface area contributed by atoms with Crippen LogP contribution in [0.25, 0.3) is 10.8 Å². The Labute approximate surface area is 121 Å². The summed E-state index contributed by atoms with van der Waals surface area (Å²) in [5, 5.41) is 5.78. The predicted molar refractivity (Wildman–Crippen MR) is 85.4 cm³/mol. The van der Waals surface area contributed by atoms with Crippen LogP contribution in [0.15, 0.2) is 52.0 Å².